The summed E-state index contributed by atoms with van der Waals surface area (Å²) < 4.78 is 26.1. The molecule has 0 aliphatic carbocycles. The third-order valence-electron chi connectivity index (χ3n) is 4.77. The van der Waals surface area contributed by atoms with E-state index in [4.69, 9.17) is 0 Å². The van der Waals surface area contributed by atoms with E-state index in [-0.39, 0.29) is 16.8 Å². The fourth-order valence-electron chi connectivity index (χ4n) is 3.08. The summed E-state index contributed by atoms with van der Waals surface area (Å²) in [4.78, 5) is 13.2. The van der Waals surface area contributed by atoms with E-state index >= 15 is 0 Å². The van der Waals surface area contributed by atoms with Crippen molar-refractivity contribution >= 4 is 15.9 Å². The van der Waals surface area contributed by atoms with Crippen molar-refractivity contribution in [1.82, 2.24) is 9.62 Å². The number of carbonyl (C=O) groups excluding carboxylic acids is 1. The molecule has 0 saturated heterocycles. The molecule has 0 spiro atoms. The van der Waals surface area contributed by atoms with Crippen LogP contribution in [0.5, 0.6) is 0 Å². The average Bonchev–Trinajstić information content (AvgIpc) is 2.73. The molecule has 0 radical (unpaired) electrons. The smallest absolute Gasteiger partial charge is 0.252 e. The minimum absolute atomic E-state index is 0.0919. The first kappa shape index (κ1) is 20.8. The van der Waals surface area contributed by atoms with Crippen LogP contribution in [-0.4, -0.2) is 32.7 Å². The number of carbonyl (C=O) groups is 1. The van der Waals surface area contributed by atoms with Crippen LogP contribution in [0, 0.1) is 6.92 Å². The number of sulfonamides is 1. The molecule has 3 aromatic rings. The molecule has 6 heteroatoms. The summed E-state index contributed by atoms with van der Waals surface area (Å²) >= 11 is 0. The van der Waals surface area contributed by atoms with Crippen LogP contribution in [0.25, 0.3) is 0 Å². The number of hydrogen-bond donors (Lipinski definition) is 1. The van der Waals surface area contributed by atoms with Gasteiger partial charge in [-0.1, -0.05) is 66.7 Å². The van der Waals surface area contributed by atoms with Crippen molar-refractivity contribution in [2.24, 2.45) is 0 Å². The minimum Gasteiger partial charge on any atom is -0.341 e. The lowest BCUT2D eigenvalue weighted by Crippen LogP contribution is -2.30. The fraction of sp³-hybridized carbons (Fsp3) is 0.174. The monoisotopic (exact) mass is 408 g/mol. The summed E-state index contributed by atoms with van der Waals surface area (Å²) in [6.07, 6.45) is 0. The predicted octanol–water partition coefficient (Wildman–Crippen LogP) is 3.76. The zero-order valence-corrected chi connectivity index (χ0v) is 17.5. The van der Waals surface area contributed by atoms with Crippen molar-refractivity contribution in [3.63, 3.8) is 0 Å². The highest BCUT2D eigenvalue weighted by Gasteiger charge is 2.22. The topological polar surface area (TPSA) is 66.5 Å². The molecule has 0 atom stereocenters. The van der Waals surface area contributed by atoms with Gasteiger partial charge in [-0.05, 0) is 35.7 Å². The first-order valence-electron chi connectivity index (χ1n) is 9.24. The normalized spacial score (nSPS) is 11.6. The molecule has 0 heterocycles. The van der Waals surface area contributed by atoms with E-state index in [9.17, 15) is 13.2 Å². The Morgan fingerprint density at radius 3 is 1.86 bits per heavy atom. The average molecular weight is 409 g/mol. The lowest BCUT2D eigenvalue weighted by molar-refractivity contribution is 0.0942. The third-order valence-corrected chi connectivity index (χ3v) is 6.58. The Bertz CT molecular complexity index is 1060. The molecule has 0 bridgehead atoms. The number of hydrogen-bond acceptors (Lipinski definition) is 3. The van der Waals surface area contributed by atoms with Gasteiger partial charge in [-0.15, -0.1) is 0 Å². The van der Waals surface area contributed by atoms with Crippen molar-refractivity contribution in [2.45, 2.75) is 17.9 Å². The zero-order chi connectivity index (χ0) is 21.0. The van der Waals surface area contributed by atoms with E-state index < -0.39 is 10.0 Å². The van der Waals surface area contributed by atoms with Gasteiger partial charge < -0.3 is 5.32 Å². The molecule has 0 unspecified atom stereocenters. The molecule has 1 amide bonds. The molecule has 150 valence electrons. The Hall–Kier alpha value is -2.96. The maximum absolute atomic E-state index is 13.2. The predicted molar refractivity (Wildman–Crippen MR) is 114 cm³/mol. The number of nitrogens with zero attached hydrogens (tertiary/aromatic N) is 1. The molecule has 3 rings (SSSR count). The highest BCUT2D eigenvalue weighted by atomic mass is 32.2. The van der Waals surface area contributed by atoms with Crippen LogP contribution in [0.4, 0.5) is 0 Å². The van der Waals surface area contributed by atoms with E-state index in [2.05, 4.69) is 5.32 Å². The molecule has 1 N–H and O–H groups in total. The SMILES string of the molecule is Cc1ccc(S(=O)(=O)N(C)C)cc1C(=O)NC(c1ccccc1)c1ccccc1. The largest absolute Gasteiger partial charge is 0.341 e. The Balaban J connectivity index is 1.99. The van der Waals surface area contributed by atoms with Crippen LogP contribution in [0.3, 0.4) is 0 Å². The number of aryl methyl sites for hydroxylation is 1. The van der Waals surface area contributed by atoms with Crippen LogP contribution in [0.2, 0.25) is 0 Å². The van der Waals surface area contributed by atoms with Crippen molar-refractivity contribution in [2.75, 3.05) is 14.1 Å². The van der Waals surface area contributed by atoms with E-state index in [1.54, 1.807) is 13.0 Å². The lowest BCUT2D eigenvalue weighted by Gasteiger charge is -2.21. The summed E-state index contributed by atoms with van der Waals surface area (Å²) in [5.74, 6) is -0.323. The van der Waals surface area contributed by atoms with Gasteiger partial charge >= 0.3 is 0 Å². The van der Waals surface area contributed by atoms with Crippen molar-refractivity contribution in [3.8, 4) is 0 Å². The molecule has 3 aromatic carbocycles. The maximum Gasteiger partial charge on any atom is 0.252 e. The van der Waals surface area contributed by atoms with Gasteiger partial charge in [0.1, 0.15) is 0 Å². The summed E-state index contributed by atoms with van der Waals surface area (Å²) in [5.41, 5.74) is 2.94. The van der Waals surface area contributed by atoms with Gasteiger partial charge in [-0.25, -0.2) is 12.7 Å². The Labute approximate surface area is 172 Å². The molecule has 5 nitrogen and oxygen atoms in total. The number of nitrogens with one attached hydrogen (secondary N) is 1. The second kappa shape index (κ2) is 8.59. The maximum atomic E-state index is 13.2. The zero-order valence-electron chi connectivity index (χ0n) is 16.7. The van der Waals surface area contributed by atoms with E-state index in [0.717, 1.165) is 15.4 Å². The van der Waals surface area contributed by atoms with Crippen molar-refractivity contribution < 1.29 is 13.2 Å². The molecule has 0 saturated carbocycles. The van der Waals surface area contributed by atoms with Crippen LogP contribution < -0.4 is 5.32 Å². The molecule has 0 aromatic heterocycles. The van der Waals surface area contributed by atoms with E-state index in [1.807, 2.05) is 60.7 Å². The summed E-state index contributed by atoms with van der Waals surface area (Å²) in [5, 5.41) is 3.07. The van der Waals surface area contributed by atoms with Gasteiger partial charge in [0.15, 0.2) is 0 Å². The van der Waals surface area contributed by atoms with Crippen LogP contribution >= 0.6 is 0 Å². The van der Waals surface area contributed by atoms with Gasteiger partial charge in [-0.3, -0.25) is 4.79 Å². The Morgan fingerprint density at radius 1 is 0.862 bits per heavy atom. The quantitative estimate of drug-likeness (QED) is 0.675. The van der Waals surface area contributed by atoms with Gasteiger partial charge in [0.25, 0.3) is 5.91 Å². The van der Waals surface area contributed by atoms with E-state index in [0.29, 0.717) is 11.1 Å². The van der Waals surface area contributed by atoms with Crippen LogP contribution in [0.1, 0.15) is 33.1 Å². The molecular weight excluding hydrogens is 384 g/mol. The van der Waals surface area contributed by atoms with Gasteiger partial charge in [0.2, 0.25) is 10.0 Å². The number of benzene rings is 3. The highest BCUT2D eigenvalue weighted by molar-refractivity contribution is 7.89. The summed E-state index contributed by atoms with van der Waals surface area (Å²) in [6, 6.07) is 23.6. The lowest BCUT2D eigenvalue weighted by atomic mass is 9.98. The van der Waals surface area contributed by atoms with Crippen LogP contribution in [-0.2, 0) is 10.0 Å². The van der Waals surface area contributed by atoms with E-state index in [1.165, 1.54) is 26.2 Å². The standard InChI is InChI=1S/C23H24N2O3S/c1-17-14-15-20(29(27,28)25(2)3)16-21(17)23(26)24-22(18-10-6-4-7-11-18)19-12-8-5-9-13-19/h4-16,22H,1-3H3,(H,24,26). The minimum atomic E-state index is -3.63. The highest BCUT2D eigenvalue weighted by Crippen LogP contribution is 2.24. The third kappa shape index (κ3) is 4.55. The van der Waals surface area contributed by atoms with Crippen molar-refractivity contribution in [3.05, 3.63) is 101 Å². The van der Waals surface area contributed by atoms with Crippen LogP contribution in [0.15, 0.2) is 83.8 Å². The molecular formula is C23H24N2O3S. The van der Waals surface area contributed by atoms with Gasteiger partial charge in [-0.2, -0.15) is 0 Å². The first-order valence-corrected chi connectivity index (χ1v) is 10.7. The second-order valence-electron chi connectivity index (χ2n) is 6.99. The Kier molecular flexibility index (Phi) is 6.15. The molecule has 0 fully saturated rings. The first-order chi connectivity index (χ1) is 13.8. The summed E-state index contributed by atoms with van der Waals surface area (Å²) in [7, 11) is -0.693. The molecule has 0 aliphatic heterocycles. The second-order valence-corrected chi connectivity index (χ2v) is 9.14. The number of amides is 1. The Morgan fingerprint density at radius 2 is 1.38 bits per heavy atom. The molecule has 0 aliphatic rings. The summed E-state index contributed by atoms with van der Waals surface area (Å²) in [6.45, 7) is 1.79. The van der Waals surface area contributed by atoms with Gasteiger partial charge in [0.05, 0.1) is 10.9 Å². The van der Waals surface area contributed by atoms with Gasteiger partial charge in [0, 0.05) is 19.7 Å². The molecule has 29 heavy (non-hydrogen) atoms. The fourth-order valence-corrected chi connectivity index (χ4v) is 4.00. The number of rotatable bonds is 6. The van der Waals surface area contributed by atoms with Crippen molar-refractivity contribution in [1.29, 1.82) is 0 Å².